The van der Waals surface area contributed by atoms with Gasteiger partial charge in [0.2, 0.25) is 5.91 Å². The number of aliphatic carboxylic acids is 1. The van der Waals surface area contributed by atoms with Crippen LogP contribution in [0.1, 0.15) is 139 Å². The van der Waals surface area contributed by atoms with Gasteiger partial charge in [0, 0.05) is 38.0 Å². The number of fused-ring (bicyclic) bond motifs is 7. The van der Waals surface area contributed by atoms with Crippen LogP contribution in [0, 0.1) is 62.1 Å². The highest BCUT2D eigenvalue weighted by Gasteiger charge is 2.71. The Kier molecular flexibility index (Phi) is 10.9. The minimum atomic E-state index is -0.882. The lowest BCUT2D eigenvalue weighted by Crippen LogP contribution is -2.67. The first-order chi connectivity index (χ1) is 24.3. The minimum Gasteiger partial charge on any atom is -0.481 e. The fraction of sp³-hybridized carbons (Fsp3) is 0.886. The van der Waals surface area contributed by atoms with Crippen molar-refractivity contribution in [1.82, 2.24) is 10.2 Å². The van der Waals surface area contributed by atoms with Gasteiger partial charge in [-0.3, -0.25) is 19.3 Å². The molecule has 5 saturated carbocycles. The number of amides is 1. The highest BCUT2D eigenvalue weighted by atomic mass is 16.5. The Hall–Kier alpha value is -1.93. The van der Waals surface area contributed by atoms with Gasteiger partial charge >= 0.3 is 11.9 Å². The van der Waals surface area contributed by atoms with Gasteiger partial charge in [-0.2, -0.15) is 0 Å². The molecular formula is C44H72N2O6. The third kappa shape index (κ3) is 6.92. The minimum absolute atomic E-state index is 0.0471. The molecule has 294 valence electrons. The van der Waals surface area contributed by atoms with Crippen molar-refractivity contribution in [3.05, 3.63) is 12.2 Å². The predicted molar refractivity (Wildman–Crippen MR) is 204 cm³/mol. The highest BCUT2D eigenvalue weighted by Crippen LogP contribution is 2.78. The van der Waals surface area contributed by atoms with Crippen molar-refractivity contribution in [3.8, 4) is 0 Å². The third-order valence-corrected chi connectivity index (χ3v) is 17.1. The second-order valence-electron chi connectivity index (χ2n) is 20.8. The topological polar surface area (TPSA) is 105 Å². The van der Waals surface area contributed by atoms with Crippen LogP contribution in [0.25, 0.3) is 0 Å². The summed E-state index contributed by atoms with van der Waals surface area (Å²) in [5.74, 6) is 1.74. The van der Waals surface area contributed by atoms with Crippen molar-refractivity contribution in [2.24, 2.45) is 62.1 Å². The molecule has 2 N–H and O–H groups in total. The molecule has 1 amide bonds. The van der Waals surface area contributed by atoms with Crippen molar-refractivity contribution >= 4 is 17.8 Å². The molecule has 3 unspecified atom stereocenters. The molecule has 1 saturated heterocycles. The smallest absolute Gasteiger partial charge is 0.306 e. The van der Waals surface area contributed by atoms with E-state index in [9.17, 15) is 19.5 Å². The number of carbonyl (C=O) groups excluding carboxylic acids is 2. The van der Waals surface area contributed by atoms with Crippen LogP contribution in [0.3, 0.4) is 0 Å². The van der Waals surface area contributed by atoms with Crippen molar-refractivity contribution in [2.45, 2.75) is 145 Å². The van der Waals surface area contributed by atoms with Gasteiger partial charge in [0.1, 0.15) is 6.10 Å². The normalized spacial score (nSPS) is 41.5. The summed E-state index contributed by atoms with van der Waals surface area (Å²) in [5.41, 5.74) is 1.14. The molecule has 8 heteroatoms. The molecule has 0 spiro atoms. The molecule has 0 aromatic carbocycles. The molecule has 5 aliphatic carbocycles. The summed E-state index contributed by atoms with van der Waals surface area (Å²) in [7, 11) is 0. The maximum atomic E-state index is 13.7. The summed E-state index contributed by atoms with van der Waals surface area (Å²) in [4.78, 5) is 40.8. The van der Waals surface area contributed by atoms with Gasteiger partial charge in [-0.15, -0.1) is 0 Å². The van der Waals surface area contributed by atoms with E-state index in [0.29, 0.717) is 42.6 Å². The molecule has 8 nitrogen and oxygen atoms in total. The van der Waals surface area contributed by atoms with E-state index in [1.165, 1.54) is 31.3 Å². The van der Waals surface area contributed by atoms with E-state index in [0.717, 1.165) is 71.4 Å². The first-order valence-electron chi connectivity index (χ1n) is 20.9. The molecule has 1 aliphatic heterocycles. The Morgan fingerprint density at radius 2 is 1.60 bits per heavy atom. The number of carboxylic acids is 1. The number of carboxylic acid groups (broad SMARTS) is 1. The van der Waals surface area contributed by atoms with Gasteiger partial charge in [-0.25, -0.2) is 0 Å². The molecule has 6 aliphatic rings. The van der Waals surface area contributed by atoms with E-state index in [-0.39, 0.29) is 57.9 Å². The van der Waals surface area contributed by atoms with E-state index in [1.807, 2.05) is 13.8 Å². The van der Waals surface area contributed by atoms with Crippen LogP contribution >= 0.6 is 0 Å². The SMILES string of the molecule is C=C(C)[C@@H]1CC[C@]2(CC(=O)NCCN3CCOCC3)CC[C@]3(C)[C@H](CCC4[C@@]5(C)CC[C@H](OC(=O)CC(C)(C)CC(=O)O)C(C)(C)C5CC[C@]43C)C12. The van der Waals surface area contributed by atoms with E-state index < -0.39 is 11.4 Å². The van der Waals surface area contributed by atoms with Gasteiger partial charge in [-0.1, -0.05) is 60.6 Å². The van der Waals surface area contributed by atoms with Crippen molar-refractivity contribution < 1.29 is 29.0 Å². The Morgan fingerprint density at radius 3 is 2.27 bits per heavy atom. The van der Waals surface area contributed by atoms with Crippen molar-refractivity contribution in [2.75, 3.05) is 39.4 Å². The maximum Gasteiger partial charge on any atom is 0.306 e. The van der Waals surface area contributed by atoms with E-state index in [4.69, 9.17) is 9.47 Å². The molecule has 0 bridgehead atoms. The predicted octanol–water partition coefficient (Wildman–Crippen LogP) is 8.29. The number of esters is 1. The van der Waals surface area contributed by atoms with Crippen LogP contribution in [-0.4, -0.2) is 73.3 Å². The summed E-state index contributed by atoms with van der Waals surface area (Å²) >= 11 is 0. The third-order valence-electron chi connectivity index (χ3n) is 17.1. The molecule has 6 fully saturated rings. The zero-order valence-corrected chi connectivity index (χ0v) is 34.0. The van der Waals surface area contributed by atoms with Gasteiger partial charge in [0.05, 0.1) is 26.1 Å². The van der Waals surface area contributed by atoms with Gasteiger partial charge in [-0.05, 0) is 128 Å². The van der Waals surface area contributed by atoms with Gasteiger partial charge in [0.15, 0.2) is 0 Å². The Morgan fingerprint density at radius 1 is 0.885 bits per heavy atom. The Bertz CT molecular complexity index is 1390. The summed E-state index contributed by atoms with van der Waals surface area (Å²) in [6.07, 6.45) is 11.9. The van der Waals surface area contributed by atoms with Crippen molar-refractivity contribution in [3.63, 3.8) is 0 Å². The number of nitrogens with zero attached hydrogens (tertiary/aromatic N) is 1. The Balaban J connectivity index is 1.18. The van der Waals surface area contributed by atoms with Crippen LogP contribution in [0.2, 0.25) is 0 Å². The standard InChI is InChI=1S/C44H72N2O6/c1-29(2)30-12-17-44(26-35(47)45-20-21-46-22-24-51-25-23-46)19-18-42(8)31(38(30)44)10-11-33-41(7)15-14-34(40(5,6)32(41)13-16-43(33,42)9)52-37(50)28-39(3,4)27-36(48)49/h30-34,38H,1,10-28H2,2-9H3,(H,45,47)(H,48,49)/t30-,31+,32?,33?,34-,38?,41-,42+,43+,44+/m0/s1. The summed E-state index contributed by atoms with van der Waals surface area (Å²) in [5, 5.41) is 12.7. The lowest BCUT2D eigenvalue weighted by Gasteiger charge is -2.73. The number of morpholine rings is 1. The fourth-order valence-corrected chi connectivity index (χ4v) is 14.4. The average Bonchev–Trinajstić information content (AvgIpc) is 3.42. The highest BCUT2D eigenvalue weighted by molar-refractivity contribution is 5.77. The molecule has 0 aromatic rings. The molecule has 1 heterocycles. The van der Waals surface area contributed by atoms with Crippen LogP contribution in [0.5, 0.6) is 0 Å². The molecule has 10 atom stereocenters. The monoisotopic (exact) mass is 725 g/mol. The van der Waals surface area contributed by atoms with Crippen LogP contribution < -0.4 is 5.32 Å². The average molecular weight is 725 g/mol. The lowest BCUT2D eigenvalue weighted by atomic mass is 9.32. The van der Waals surface area contributed by atoms with E-state index in [1.54, 1.807) is 0 Å². The maximum absolute atomic E-state index is 13.7. The van der Waals surface area contributed by atoms with Crippen LogP contribution in [0.15, 0.2) is 12.2 Å². The number of nitrogens with one attached hydrogen (secondary N) is 1. The molecule has 0 aromatic heterocycles. The summed E-state index contributed by atoms with van der Waals surface area (Å²) in [6.45, 7) is 28.1. The summed E-state index contributed by atoms with van der Waals surface area (Å²) < 4.78 is 11.8. The number of rotatable bonds is 11. The Labute approximate surface area is 315 Å². The zero-order valence-electron chi connectivity index (χ0n) is 34.0. The second-order valence-corrected chi connectivity index (χ2v) is 20.8. The number of allylic oxidation sites excluding steroid dienone is 1. The van der Waals surface area contributed by atoms with E-state index >= 15 is 0 Å². The number of hydrogen-bond donors (Lipinski definition) is 2. The van der Waals surface area contributed by atoms with Gasteiger partial charge < -0.3 is 19.9 Å². The fourth-order valence-electron chi connectivity index (χ4n) is 14.4. The number of hydrogen-bond acceptors (Lipinski definition) is 6. The quantitative estimate of drug-likeness (QED) is 0.163. The summed E-state index contributed by atoms with van der Waals surface area (Å²) in [6, 6.07) is 0. The first-order valence-corrected chi connectivity index (χ1v) is 20.9. The zero-order chi connectivity index (χ0) is 37.9. The largest absolute Gasteiger partial charge is 0.481 e. The van der Waals surface area contributed by atoms with Gasteiger partial charge in [0.25, 0.3) is 0 Å². The number of carbonyl (C=O) groups is 3. The van der Waals surface area contributed by atoms with Crippen LogP contribution in [-0.2, 0) is 23.9 Å². The molecule has 6 rings (SSSR count). The van der Waals surface area contributed by atoms with Crippen molar-refractivity contribution in [1.29, 1.82) is 0 Å². The van der Waals surface area contributed by atoms with Crippen LogP contribution in [0.4, 0.5) is 0 Å². The second kappa shape index (κ2) is 14.3. The molecule has 0 radical (unpaired) electrons. The molecule has 52 heavy (non-hydrogen) atoms. The number of ether oxygens (including phenoxy) is 2. The lowest BCUT2D eigenvalue weighted by molar-refractivity contribution is -0.250. The first kappa shape index (κ1) is 39.8. The van der Waals surface area contributed by atoms with E-state index in [2.05, 4.69) is 58.3 Å². The molecular weight excluding hydrogens is 652 g/mol.